The van der Waals surface area contributed by atoms with E-state index in [4.69, 9.17) is 4.74 Å². The highest BCUT2D eigenvalue weighted by atomic mass is 32.2. The van der Waals surface area contributed by atoms with Crippen LogP contribution in [0.4, 0.5) is 11.4 Å². The summed E-state index contributed by atoms with van der Waals surface area (Å²) in [6.45, 7) is 5.67. The number of benzene rings is 2. The molecule has 170 valence electrons. The Bertz CT molecular complexity index is 1220. The summed E-state index contributed by atoms with van der Waals surface area (Å²) in [7, 11) is -2.00. The molecule has 3 aromatic rings. The number of ether oxygens (including phenoxy) is 1. The molecule has 0 atom stereocenters. The molecule has 2 N–H and O–H groups in total. The summed E-state index contributed by atoms with van der Waals surface area (Å²) >= 11 is 1.33. The van der Waals surface area contributed by atoms with Crippen LogP contribution in [0.5, 0.6) is 5.75 Å². The number of amides is 1. The van der Waals surface area contributed by atoms with E-state index in [1.807, 2.05) is 22.9 Å². The fourth-order valence-electron chi connectivity index (χ4n) is 3.00. The number of carbonyl (C=O) groups is 1. The van der Waals surface area contributed by atoms with Crippen molar-refractivity contribution in [3.05, 3.63) is 59.9 Å². The van der Waals surface area contributed by atoms with Crippen LogP contribution in [-0.4, -0.2) is 42.5 Å². The number of anilines is 2. The van der Waals surface area contributed by atoms with Gasteiger partial charge in [-0.25, -0.2) is 13.4 Å². The Morgan fingerprint density at radius 2 is 2.00 bits per heavy atom. The second kappa shape index (κ2) is 10.1. The number of nitrogens with zero attached hydrogens (tertiary/aromatic N) is 2. The van der Waals surface area contributed by atoms with Gasteiger partial charge >= 0.3 is 0 Å². The number of imidazole rings is 1. The maximum atomic E-state index is 12.5. The number of hydrogen-bond acceptors (Lipinski definition) is 6. The molecule has 1 aromatic heterocycles. The molecule has 1 heterocycles. The zero-order chi connectivity index (χ0) is 23.3. The summed E-state index contributed by atoms with van der Waals surface area (Å²) < 4.78 is 33.3. The number of hydrogen-bond donors (Lipinski definition) is 2. The average molecular weight is 475 g/mol. The molecular weight excluding hydrogens is 448 g/mol. The van der Waals surface area contributed by atoms with Crippen molar-refractivity contribution in [3.63, 3.8) is 0 Å². The summed E-state index contributed by atoms with van der Waals surface area (Å²) in [5.74, 6) is 0.213. The van der Waals surface area contributed by atoms with Crippen molar-refractivity contribution in [2.75, 3.05) is 28.7 Å². The Kier molecular flexibility index (Phi) is 7.47. The highest BCUT2D eigenvalue weighted by Crippen LogP contribution is 2.29. The molecule has 0 saturated carbocycles. The van der Waals surface area contributed by atoms with Crippen molar-refractivity contribution in [1.29, 1.82) is 0 Å². The third kappa shape index (κ3) is 5.63. The van der Waals surface area contributed by atoms with E-state index < -0.39 is 10.0 Å². The maximum Gasteiger partial charge on any atom is 0.234 e. The molecule has 32 heavy (non-hydrogen) atoms. The SMILES string of the molecule is CCS(=O)(=O)Nc1ccc(NC(=O)CSc2nccn2-c2cccc(C)c2C)cc1OC. The van der Waals surface area contributed by atoms with E-state index in [0.29, 0.717) is 17.1 Å². The van der Waals surface area contributed by atoms with Crippen molar-refractivity contribution >= 4 is 39.1 Å². The van der Waals surface area contributed by atoms with E-state index in [9.17, 15) is 13.2 Å². The quantitative estimate of drug-likeness (QED) is 0.455. The van der Waals surface area contributed by atoms with Gasteiger partial charge in [-0.3, -0.25) is 14.1 Å². The number of nitrogens with one attached hydrogen (secondary N) is 2. The lowest BCUT2D eigenvalue weighted by atomic mass is 10.1. The molecule has 0 fully saturated rings. The molecule has 0 unspecified atom stereocenters. The van der Waals surface area contributed by atoms with Gasteiger partial charge in [0.1, 0.15) is 5.75 Å². The molecule has 0 radical (unpaired) electrons. The van der Waals surface area contributed by atoms with E-state index in [1.165, 1.54) is 24.4 Å². The van der Waals surface area contributed by atoms with Gasteiger partial charge in [0, 0.05) is 24.1 Å². The number of rotatable bonds is 9. The van der Waals surface area contributed by atoms with Gasteiger partial charge in [0.05, 0.1) is 30.0 Å². The van der Waals surface area contributed by atoms with Gasteiger partial charge in [-0.2, -0.15) is 0 Å². The first-order valence-corrected chi connectivity index (χ1v) is 12.6. The van der Waals surface area contributed by atoms with Gasteiger partial charge in [-0.1, -0.05) is 23.9 Å². The van der Waals surface area contributed by atoms with E-state index >= 15 is 0 Å². The van der Waals surface area contributed by atoms with Crippen molar-refractivity contribution in [1.82, 2.24) is 9.55 Å². The molecular formula is C22H26N4O4S2. The second-order valence-corrected chi connectivity index (χ2v) is 10.0. The van der Waals surface area contributed by atoms with Crippen LogP contribution in [-0.2, 0) is 14.8 Å². The van der Waals surface area contributed by atoms with Gasteiger partial charge in [0.2, 0.25) is 15.9 Å². The van der Waals surface area contributed by atoms with Crippen LogP contribution in [0.1, 0.15) is 18.1 Å². The summed E-state index contributed by atoms with van der Waals surface area (Å²) in [6, 6.07) is 10.8. The van der Waals surface area contributed by atoms with E-state index in [1.54, 1.807) is 31.3 Å². The minimum Gasteiger partial charge on any atom is -0.494 e. The fourth-order valence-corrected chi connectivity index (χ4v) is 4.41. The van der Waals surface area contributed by atoms with Gasteiger partial charge in [-0.15, -0.1) is 0 Å². The van der Waals surface area contributed by atoms with Crippen LogP contribution in [0.25, 0.3) is 5.69 Å². The molecule has 0 aliphatic heterocycles. The Morgan fingerprint density at radius 1 is 1.22 bits per heavy atom. The number of aromatic nitrogens is 2. The van der Waals surface area contributed by atoms with Gasteiger partial charge < -0.3 is 10.1 Å². The zero-order valence-corrected chi connectivity index (χ0v) is 20.0. The van der Waals surface area contributed by atoms with E-state index in [0.717, 1.165) is 16.4 Å². The van der Waals surface area contributed by atoms with Crippen LogP contribution in [0.3, 0.4) is 0 Å². The maximum absolute atomic E-state index is 12.5. The zero-order valence-electron chi connectivity index (χ0n) is 18.4. The number of methoxy groups -OCH3 is 1. The molecule has 0 saturated heterocycles. The molecule has 2 aromatic carbocycles. The molecule has 1 amide bonds. The largest absolute Gasteiger partial charge is 0.494 e. The Hall–Kier alpha value is -2.98. The third-order valence-electron chi connectivity index (χ3n) is 4.91. The topological polar surface area (TPSA) is 102 Å². The molecule has 0 aliphatic rings. The lowest BCUT2D eigenvalue weighted by molar-refractivity contribution is -0.113. The van der Waals surface area contributed by atoms with Crippen LogP contribution < -0.4 is 14.8 Å². The first-order chi connectivity index (χ1) is 15.2. The Labute approximate surface area is 192 Å². The summed E-state index contributed by atoms with van der Waals surface area (Å²) in [5, 5.41) is 3.53. The monoisotopic (exact) mass is 474 g/mol. The van der Waals surface area contributed by atoms with Crippen molar-refractivity contribution in [2.24, 2.45) is 0 Å². The summed E-state index contributed by atoms with van der Waals surface area (Å²) in [5.41, 5.74) is 4.19. The van der Waals surface area contributed by atoms with Crippen LogP contribution in [0.15, 0.2) is 53.9 Å². The normalized spacial score (nSPS) is 11.2. The van der Waals surface area contributed by atoms with Gasteiger partial charge in [0.15, 0.2) is 5.16 Å². The molecule has 0 spiro atoms. The first-order valence-electron chi connectivity index (χ1n) is 9.95. The lowest BCUT2D eigenvalue weighted by Gasteiger charge is -2.13. The van der Waals surface area contributed by atoms with Crippen LogP contribution >= 0.6 is 11.8 Å². The minimum absolute atomic E-state index is 0.0519. The molecule has 0 aliphatic carbocycles. The van der Waals surface area contributed by atoms with E-state index in [-0.39, 0.29) is 17.4 Å². The van der Waals surface area contributed by atoms with Crippen molar-refractivity contribution in [2.45, 2.75) is 25.9 Å². The van der Waals surface area contributed by atoms with Crippen LogP contribution in [0, 0.1) is 13.8 Å². The third-order valence-corrected chi connectivity index (χ3v) is 7.16. The second-order valence-electron chi connectivity index (χ2n) is 7.06. The lowest BCUT2D eigenvalue weighted by Crippen LogP contribution is -2.16. The Balaban J connectivity index is 1.68. The molecule has 10 heteroatoms. The molecule has 0 bridgehead atoms. The fraction of sp³-hybridized carbons (Fsp3) is 0.273. The van der Waals surface area contributed by atoms with Gasteiger partial charge in [-0.05, 0) is 50.1 Å². The van der Waals surface area contributed by atoms with E-state index in [2.05, 4.69) is 34.9 Å². The first kappa shape index (κ1) is 23.7. The van der Waals surface area contributed by atoms with Crippen LogP contribution in [0.2, 0.25) is 0 Å². The highest BCUT2D eigenvalue weighted by Gasteiger charge is 2.14. The predicted molar refractivity (Wildman–Crippen MR) is 128 cm³/mol. The molecule has 8 nitrogen and oxygen atoms in total. The summed E-state index contributed by atoms with van der Waals surface area (Å²) in [6.07, 6.45) is 3.59. The molecule has 3 rings (SSSR count). The smallest absolute Gasteiger partial charge is 0.234 e. The standard InChI is InChI=1S/C22H26N4O4S2/c1-5-32(28,29)25-18-10-9-17(13-20(18)30-4)24-21(27)14-31-22-23-11-12-26(22)19-8-6-7-15(2)16(19)3/h6-13,25H,5,14H2,1-4H3,(H,24,27). The average Bonchev–Trinajstić information content (AvgIpc) is 3.23. The Morgan fingerprint density at radius 3 is 2.72 bits per heavy atom. The minimum atomic E-state index is -3.44. The number of aryl methyl sites for hydroxylation is 1. The number of thioether (sulfide) groups is 1. The van der Waals surface area contributed by atoms with Gasteiger partial charge in [0.25, 0.3) is 0 Å². The predicted octanol–water partition coefficient (Wildman–Crippen LogP) is 3.99. The van der Waals surface area contributed by atoms with Crippen molar-refractivity contribution in [3.8, 4) is 11.4 Å². The number of carbonyl (C=O) groups excluding carboxylic acids is 1. The summed E-state index contributed by atoms with van der Waals surface area (Å²) in [4.78, 5) is 16.9. The highest BCUT2D eigenvalue weighted by molar-refractivity contribution is 7.99. The number of sulfonamides is 1. The van der Waals surface area contributed by atoms with Crippen molar-refractivity contribution < 1.29 is 17.9 Å².